The van der Waals surface area contributed by atoms with Gasteiger partial charge in [-0.3, -0.25) is 4.79 Å². The zero-order valence-corrected chi connectivity index (χ0v) is 15.0. The van der Waals surface area contributed by atoms with Crippen LogP contribution in [0.25, 0.3) is 0 Å². The fourth-order valence-electron chi connectivity index (χ4n) is 1.76. The number of carbonyl (C=O) groups is 2. The molecule has 0 aliphatic rings. The predicted octanol–water partition coefficient (Wildman–Crippen LogP) is 5.20. The summed E-state index contributed by atoms with van der Waals surface area (Å²) >= 11 is 11.7. The third-order valence-corrected chi connectivity index (χ3v) is 3.54. The number of esters is 1. The van der Waals surface area contributed by atoms with Crippen LogP contribution in [0.3, 0.4) is 0 Å². The van der Waals surface area contributed by atoms with Gasteiger partial charge < -0.3 is 10.1 Å². The zero-order valence-electron chi connectivity index (χ0n) is 13.5. The Morgan fingerprint density at radius 3 is 2.00 bits per heavy atom. The third kappa shape index (κ3) is 4.98. The van der Waals surface area contributed by atoms with Gasteiger partial charge in [-0.05, 0) is 42.5 Å². The first-order valence-corrected chi connectivity index (χ1v) is 8.00. The number of ether oxygens (including phenoxy) is 1. The first-order chi connectivity index (χ1) is 11.1. The van der Waals surface area contributed by atoms with Gasteiger partial charge in [0, 0.05) is 21.1 Å². The molecule has 2 aromatic carbocycles. The smallest absolute Gasteiger partial charge is 0.343 e. The Balaban J connectivity index is 2.07. The standard InChI is InChI=1S/C18H17Cl2NO3/c1-18(2,3)17(23)21-14-6-4-11(5-7-14)16(22)24-15-9-12(19)8-13(20)10-15/h4-10H,1-3H3,(H,21,23). The second-order valence-electron chi connectivity index (χ2n) is 6.28. The lowest BCUT2D eigenvalue weighted by Crippen LogP contribution is -2.27. The van der Waals surface area contributed by atoms with Crippen molar-refractivity contribution in [3.05, 3.63) is 58.1 Å². The molecule has 126 valence electrons. The molecule has 0 aliphatic carbocycles. The van der Waals surface area contributed by atoms with E-state index in [4.69, 9.17) is 27.9 Å². The van der Waals surface area contributed by atoms with Gasteiger partial charge in [0.25, 0.3) is 0 Å². The molecule has 0 aromatic heterocycles. The van der Waals surface area contributed by atoms with E-state index in [2.05, 4.69) is 5.32 Å². The van der Waals surface area contributed by atoms with Gasteiger partial charge in [-0.25, -0.2) is 4.79 Å². The summed E-state index contributed by atoms with van der Waals surface area (Å²) in [7, 11) is 0. The van der Waals surface area contributed by atoms with E-state index in [-0.39, 0.29) is 11.7 Å². The molecule has 2 aromatic rings. The number of carbonyl (C=O) groups excluding carboxylic acids is 2. The van der Waals surface area contributed by atoms with E-state index in [1.54, 1.807) is 30.3 Å². The Morgan fingerprint density at radius 2 is 1.50 bits per heavy atom. The lowest BCUT2D eigenvalue weighted by atomic mass is 9.95. The molecule has 0 radical (unpaired) electrons. The topological polar surface area (TPSA) is 55.4 Å². The average Bonchev–Trinajstić information content (AvgIpc) is 2.45. The van der Waals surface area contributed by atoms with E-state index in [1.165, 1.54) is 12.1 Å². The van der Waals surface area contributed by atoms with Crippen molar-refractivity contribution in [3.8, 4) is 5.75 Å². The van der Waals surface area contributed by atoms with E-state index in [1.807, 2.05) is 20.8 Å². The van der Waals surface area contributed by atoms with Crippen LogP contribution in [0.15, 0.2) is 42.5 Å². The maximum absolute atomic E-state index is 12.1. The Bertz CT molecular complexity index is 745. The number of nitrogens with one attached hydrogen (secondary N) is 1. The molecular weight excluding hydrogens is 349 g/mol. The number of benzene rings is 2. The van der Waals surface area contributed by atoms with E-state index in [9.17, 15) is 9.59 Å². The first kappa shape index (κ1) is 18.3. The number of rotatable bonds is 3. The van der Waals surface area contributed by atoms with Gasteiger partial charge in [0.1, 0.15) is 5.75 Å². The molecule has 0 saturated heterocycles. The van der Waals surface area contributed by atoms with Gasteiger partial charge in [0.15, 0.2) is 0 Å². The maximum Gasteiger partial charge on any atom is 0.343 e. The summed E-state index contributed by atoms with van der Waals surface area (Å²) in [4.78, 5) is 24.1. The van der Waals surface area contributed by atoms with Gasteiger partial charge in [0.05, 0.1) is 5.56 Å². The minimum Gasteiger partial charge on any atom is -0.423 e. The molecule has 1 N–H and O–H groups in total. The summed E-state index contributed by atoms with van der Waals surface area (Å²) in [6.07, 6.45) is 0. The quantitative estimate of drug-likeness (QED) is 0.600. The normalized spacial score (nSPS) is 11.0. The maximum atomic E-state index is 12.1. The molecule has 2 rings (SSSR count). The Kier molecular flexibility index (Phi) is 5.52. The van der Waals surface area contributed by atoms with Gasteiger partial charge >= 0.3 is 5.97 Å². The molecule has 0 spiro atoms. The molecule has 0 bridgehead atoms. The van der Waals surface area contributed by atoms with E-state index in [0.717, 1.165) is 0 Å². The molecule has 1 amide bonds. The van der Waals surface area contributed by atoms with Crippen LogP contribution in [0.5, 0.6) is 5.75 Å². The molecule has 0 aliphatic heterocycles. The SMILES string of the molecule is CC(C)(C)C(=O)Nc1ccc(C(=O)Oc2cc(Cl)cc(Cl)c2)cc1. The second kappa shape index (κ2) is 7.24. The van der Waals surface area contributed by atoms with Crippen molar-refractivity contribution in [3.63, 3.8) is 0 Å². The summed E-state index contributed by atoms with van der Waals surface area (Å²) in [5.74, 6) is -0.379. The molecule has 0 atom stereocenters. The molecule has 0 heterocycles. The number of halogens is 2. The number of amides is 1. The third-order valence-electron chi connectivity index (χ3n) is 3.11. The van der Waals surface area contributed by atoms with Crippen molar-refractivity contribution in [1.29, 1.82) is 0 Å². The molecule has 4 nitrogen and oxygen atoms in total. The van der Waals surface area contributed by atoms with Crippen molar-refractivity contribution in [2.45, 2.75) is 20.8 Å². The Labute approximate surface area is 150 Å². The average molecular weight is 366 g/mol. The van der Waals surface area contributed by atoms with E-state index >= 15 is 0 Å². The van der Waals surface area contributed by atoms with Crippen molar-refractivity contribution < 1.29 is 14.3 Å². The minimum absolute atomic E-state index is 0.105. The fourth-order valence-corrected chi connectivity index (χ4v) is 2.27. The molecule has 0 saturated carbocycles. The van der Waals surface area contributed by atoms with Crippen LogP contribution in [-0.4, -0.2) is 11.9 Å². The van der Waals surface area contributed by atoms with E-state index in [0.29, 0.717) is 21.3 Å². The predicted molar refractivity (Wildman–Crippen MR) is 95.9 cm³/mol. The van der Waals surface area contributed by atoms with Crippen LogP contribution >= 0.6 is 23.2 Å². The van der Waals surface area contributed by atoms with Gasteiger partial charge in [-0.1, -0.05) is 44.0 Å². The van der Waals surface area contributed by atoms with Gasteiger partial charge in [-0.2, -0.15) is 0 Å². The van der Waals surface area contributed by atoms with Crippen molar-refractivity contribution in [2.24, 2.45) is 5.41 Å². The summed E-state index contributed by atoms with van der Waals surface area (Å²) < 4.78 is 5.24. The molecule has 0 fully saturated rings. The lowest BCUT2D eigenvalue weighted by Gasteiger charge is -2.17. The highest BCUT2D eigenvalue weighted by Gasteiger charge is 2.21. The molecule has 0 unspecified atom stereocenters. The first-order valence-electron chi connectivity index (χ1n) is 7.25. The van der Waals surface area contributed by atoms with Gasteiger partial charge in [-0.15, -0.1) is 0 Å². The second-order valence-corrected chi connectivity index (χ2v) is 7.15. The van der Waals surface area contributed by atoms with Crippen molar-refractivity contribution in [2.75, 3.05) is 5.32 Å². The van der Waals surface area contributed by atoms with Crippen molar-refractivity contribution >= 4 is 40.8 Å². The molecular formula is C18H17Cl2NO3. The largest absolute Gasteiger partial charge is 0.423 e. The van der Waals surface area contributed by atoms with Crippen LogP contribution in [0.4, 0.5) is 5.69 Å². The Hall–Kier alpha value is -2.04. The summed E-state index contributed by atoms with van der Waals surface area (Å²) in [6.45, 7) is 5.47. The number of hydrogen-bond donors (Lipinski definition) is 1. The van der Waals surface area contributed by atoms with Crippen LogP contribution < -0.4 is 10.1 Å². The minimum atomic E-state index is -0.540. The lowest BCUT2D eigenvalue weighted by molar-refractivity contribution is -0.123. The van der Waals surface area contributed by atoms with Gasteiger partial charge in [0.2, 0.25) is 5.91 Å². The highest BCUT2D eigenvalue weighted by molar-refractivity contribution is 6.34. The summed E-state index contributed by atoms with van der Waals surface area (Å²) in [5, 5.41) is 3.55. The fraction of sp³-hybridized carbons (Fsp3) is 0.222. The highest BCUT2D eigenvalue weighted by Crippen LogP contribution is 2.25. The molecule has 24 heavy (non-hydrogen) atoms. The summed E-state index contributed by atoms with van der Waals surface area (Å²) in [6, 6.07) is 11.0. The zero-order chi connectivity index (χ0) is 17.9. The van der Waals surface area contributed by atoms with Crippen LogP contribution in [0.2, 0.25) is 10.0 Å². The highest BCUT2D eigenvalue weighted by atomic mass is 35.5. The van der Waals surface area contributed by atoms with Crippen LogP contribution in [0, 0.1) is 5.41 Å². The monoisotopic (exact) mass is 365 g/mol. The molecule has 6 heteroatoms. The van der Waals surface area contributed by atoms with Crippen LogP contribution in [-0.2, 0) is 4.79 Å². The summed E-state index contributed by atoms with van der Waals surface area (Å²) in [5.41, 5.74) is 0.459. The van der Waals surface area contributed by atoms with Crippen LogP contribution in [0.1, 0.15) is 31.1 Å². The number of anilines is 1. The van der Waals surface area contributed by atoms with Crippen molar-refractivity contribution in [1.82, 2.24) is 0 Å². The number of hydrogen-bond acceptors (Lipinski definition) is 3. The Morgan fingerprint density at radius 1 is 0.958 bits per heavy atom. The van der Waals surface area contributed by atoms with E-state index < -0.39 is 11.4 Å².